The predicted molar refractivity (Wildman–Crippen MR) is 96.3 cm³/mol. The normalized spacial score (nSPS) is 13.2. The Morgan fingerprint density at radius 3 is 2.77 bits per heavy atom. The number of fused-ring (bicyclic) bond motifs is 1. The topological polar surface area (TPSA) is 71.0 Å². The van der Waals surface area contributed by atoms with E-state index in [0.717, 1.165) is 18.4 Å². The average Bonchev–Trinajstić information content (AvgIpc) is 2.68. The number of nitrogens with zero attached hydrogens (tertiary/aromatic N) is 4. The molecule has 1 aromatic carbocycles. The monoisotopic (exact) mass is 349 g/mol. The quantitative estimate of drug-likeness (QED) is 0.766. The Bertz CT molecular complexity index is 948. The van der Waals surface area contributed by atoms with Crippen molar-refractivity contribution in [1.82, 2.24) is 15.0 Å². The maximum atomic E-state index is 13.5. The number of carbonyl (C=O) groups excluding carboxylic acids is 1. The van der Waals surface area contributed by atoms with E-state index in [1.165, 1.54) is 12.1 Å². The summed E-state index contributed by atoms with van der Waals surface area (Å²) in [5.41, 5.74) is 2.28. The van der Waals surface area contributed by atoms with Crippen molar-refractivity contribution in [2.24, 2.45) is 0 Å². The van der Waals surface area contributed by atoms with Gasteiger partial charge in [-0.25, -0.2) is 24.1 Å². The molecule has 1 aliphatic heterocycles. The maximum absolute atomic E-state index is 13.5. The molecular weight excluding hydrogens is 333 g/mol. The van der Waals surface area contributed by atoms with Crippen molar-refractivity contribution < 1.29 is 9.18 Å². The van der Waals surface area contributed by atoms with Gasteiger partial charge >= 0.3 is 6.03 Å². The molecule has 3 aromatic rings. The molecule has 1 aliphatic rings. The van der Waals surface area contributed by atoms with E-state index in [1.807, 2.05) is 12.1 Å². The molecule has 3 heterocycles. The molecule has 6 nitrogen and oxygen atoms in total. The molecule has 0 radical (unpaired) electrons. The van der Waals surface area contributed by atoms with Gasteiger partial charge in [-0.2, -0.15) is 0 Å². The zero-order valence-electron chi connectivity index (χ0n) is 13.9. The molecule has 0 atom stereocenters. The Morgan fingerprint density at radius 2 is 1.96 bits per heavy atom. The first-order valence-corrected chi connectivity index (χ1v) is 8.32. The number of hydrogen-bond acceptors (Lipinski definition) is 4. The summed E-state index contributed by atoms with van der Waals surface area (Å²) in [6, 6.07) is 11.4. The summed E-state index contributed by atoms with van der Waals surface area (Å²) in [4.78, 5) is 26.9. The molecule has 130 valence electrons. The van der Waals surface area contributed by atoms with Crippen molar-refractivity contribution in [2.45, 2.75) is 12.8 Å². The highest BCUT2D eigenvalue weighted by Gasteiger charge is 2.25. The van der Waals surface area contributed by atoms with Crippen LogP contribution >= 0.6 is 0 Å². The Morgan fingerprint density at radius 1 is 1.12 bits per heavy atom. The number of nitrogens with one attached hydrogen (secondary N) is 1. The number of benzene rings is 1. The summed E-state index contributed by atoms with van der Waals surface area (Å²) in [6.45, 7) is 0.547. The molecule has 0 unspecified atom stereocenters. The molecule has 0 bridgehead atoms. The Kier molecular flexibility index (Phi) is 4.27. The fourth-order valence-corrected chi connectivity index (χ4v) is 2.97. The number of carbonyl (C=O) groups is 1. The standard InChI is InChI=1S/C19H16FN5O/c20-15-6-1-4-14(12-15)16-8-7-13-5-2-11-25(17(13)23-16)19(26)24-18-21-9-3-10-22-18/h1,3-4,6-10,12H,2,5,11H2,(H,21,22,24,26). The van der Waals surface area contributed by atoms with E-state index < -0.39 is 0 Å². The second-order valence-electron chi connectivity index (χ2n) is 5.95. The molecule has 0 saturated heterocycles. The van der Waals surface area contributed by atoms with E-state index in [9.17, 15) is 9.18 Å². The number of urea groups is 1. The fourth-order valence-electron chi connectivity index (χ4n) is 2.97. The van der Waals surface area contributed by atoms with Crippen molar-refractivity contribution >= 4 is 17.8 Å². The van der Waals surface area contributed by atoms with E-state index in [4.69, 9.17) is 0 Å². The molecule has 1 N–H and O–H groups in total. The first kappa shape index (κ1) is 16.1. The SMILES string of the molecule is O=C(Nc1ncccn1)N1CCCc2ccc(-c3cccc(F)c3)nc21. The summed E-state index contributed by atoms with van der Waals surface area (Å²) in [6.07, 6.45) is 4.81. The first-order valence-electron chi connectivity index (χ1n) is 8.32. The number of amides is 2. The maximum Gasteiger partial charge on any atom is 0.329 e. The molecular formula is C19H16FN5O. The van der Waals surface area contributed by atoms with E-state index in [1.54, 1.807) is 35.5 Å². The van der Waals surface area contributed by atoms with Crippen molar-refractivity contribution in [3.63, 3.8) is 0 Å². The third kappa shape index (κ3) is 3.23. The van der Waals surface area contributed by atoms with Crippen LogP contribution in [0, 0.1) is 5.82 Å². The zero-order valence-corrected chi connectivity index (χ0v) is 13.9. The number of rotatable bonds is 2. The summed E-state index contributed by atoms with van der Waals surface area (Å²) in [5, 5.41) is 2.69. The van der Waals surface area contributed by atoms with Gasteiger partial charge in [0.15, 0.2) is 0 Å². The summed E-state index contributed by atoms with van der Waals surface area (Å²) in [5.74, 6) is 0.509. The van der Waals surface area contributed by atoms with Crippen LogP contribution in [0.2, 0.25) is 0 Å². The number of halogens is 1. The van der Waals surface area contributed by atoms with Gasteiger partial charge in [-0.15, -0.1) is 0 Å². The second kappa shape index (κ2) is 6.87. The Labute approximate surface area is 149 Å². The molecule has 2 amide bonds. The lowest BCUT2D eigenvalue weighted by atomic mass is 10.0. The van der Waals surface area contributed by atoms with E-state index in [-0.39, 0.29) is 17.8 Å². The fraction of sp³-hybridized carbons (Fsp3) is 0.158. The Balaban J connectivity index is 1.66. The molecule has 7 heteroatoms. The van der Waals surface area contributed by atoms with E-state index >= 15 is 0 Å². The zero-order chi connectivity index (χ0) is 17.9. The van der Waals surface area contributed by atoms with E-state index in [0.29, 0.717) is 23.6 Å². The number of aromatic nitrogens is 3. The van der Waals surface area contributed by atoms with Crippen LogP contribution in [0.1, 0.15) is 12.0 Å². The van der Waals surface area contributed by atoms with Gasteiger partial charge < -0.3 is 0 Å². The smallest absolute Gasteiger partial charge is 0.278 e. The molecule has 0 spiro atoms. The number of pyridine rings is 1. The number of aryl methyl sites for hydroxylation is 1. The summed E-state index contributed by atoms with van der Waals surface area (Å²) in [7, 11) is 0. The molecule has 2 aromatic heterocycles. The third-order valence-electron chi connectivity index (χ3n) is 4.19. The van der Waals surface area contributed by atoms with Crippen LogP contribution in [0.15, 0.2) is 54.9 Å². The van der Waals surface area contributed by atoms with Gasteiger partial charge in [-0.3, -0.25) is 10.2 Å². The van der Waals surface area contributed by atoms with E-state index in [2.05, 4.69) is 20.3 Å². The predicted octanol–water partition coefficient (Wildman–Crippen LogP) is 3.66. The molecule has 0 saturated carbocycles. The molecule has 0 aliphatic carbocycles. The number of anilines is 2. The van der Waals surface area contributed by atoms with Gasteiger partial charge in [-0.05, 0) is 42.7 Å². The van der Waals surface area contributed by atoms with Crippen molar-refractivity contribution in [1.29, 1.82) is 0 Å². The van der Waals surface area contributed by atoms with Crippen LogP contribution in [0.25, 0.3) is 11.3 Å². The summed E-state index contributed by atoms with van der Waals surface area (Å²) >= 11 is 0. The first-order chi connectivity index (χ1) is 12.7. The Hall–Kier alpha value is -3.35. The summed E-state index contributed by atoms with van der Waals surface area (Å²) < 4.78 is 13.5. The minimum Gasteiger partial charge on any atom is -0.278 e. The molecule has 4 rings (SSSR count). The molecule has 26 heavy (non-hydrogen) atoms. The second-order valence-corrected chi connectivity index (χ2v) is 5.95. The lowest BCUT2D eigenvalue weighted by Gasteiger charge is -2.28. The largest absolute Gasteiger partial charge is 0.329 e. The van der Waals surface area contributed by atoms with Crippen LogP contribution in [-0.2, 0) is 6.42 Å². The minimum absolute atomic E-state index is 0.242. The highest BCUT2D eigenvalue weighted by molar-refractivity contribution is 6.01. The third-order valence-corrected chi connectivity index (χ3v) is 4.19. The van der Waals surface area contributed by atoms with Gasteiger partial charge in [0.25, 0.3) is 0 Å². The van der Waals surface area contributed by atoms with Crippen LogP contribution < -0.4 is 10.2 Å². The minimum atomic E-state index is -0.332. The van der Waals surface area contributed by atoms with Gasteiger partial charge in [0.1, 0.15) is 11.6 Å². The average molecular weight is 349 g/mol. The van der Waals surface area contributed by atoms with Crippen LogP contribution in [-0.4, -0.2) is 27.5 Å². The van der Waals surface area contributed by atoms with Crippen LogP contribution in [0.5, 0.6) is 0 Å². The van der Waals surface area contributed by atoms with Gasteiger partial charge in [0.05, 0.1) is 5.69 Å². The van der Waals surface area contributed by atoms with Gasteiger partial charge in [0.2, 0.25) is 5.95 Å². The van der Waals surface area contributed by atoms with Crippen molar-refractivity contribution in [3.05, 3.63) is 66.2 Å². The van der Waals surface area contributed by atoms with Crippen LogP contribution in [0.3, 0.4) is 0 Å². The molecule has 0 fully saturated rings. The van der Waals surface area contributed by atoms with Gasteiger partial charge in [-0.1, -0.05) is 18.2 Å². The highest BCUT2D eigenvalue weighted by Crippen LogP contribution is 2.29. The lowest BCUT2D eigenvalue weighted by Crippen LogP contribution is -2.39. The van der Waals surface area contributed by atoms with Crippen molar-refractivity contribution in [3.8, 4) is 11.3 Å². The lowest BCUT2D eigenvalue weighted by molar-refractivity contribution is 0.256. The van der Waals surface area contributed by atoms with Gasteiger partial charge in [0, 0.05) is 24.5 Å². The number of hydrogen-bond donors (Lipinski definition) is 1. The highest BCUT2D eigenvalue weighted by atomic mass is 19.1. The van der Waals surface area contributed by atoms with Crippen LogP contribution in [0.4, 0.5) is 21.0 Å². The van der Waals surface area contributed by atoms with Crippen molar-refractivity contribution in [2.75, 3.05) is 16.8 Å².